The van der Waals surface area contributed by atoms with Crippen LogP contribution in [0.2, 0.25) is 0 Å². The molecular formula is C9H13N5O5S. The van der Waals surface area contributed by atoms with E-state index >= 15 is 0 Å². The van der Waals surface area contributed by atoms with Gasteiger partial charge in [-0.05, 0) is 6.42 Å². The van der Waals surface area contributed by atoms with Crippen molar-refractivity contribution in [1.82, 2.24) is 19.1 Å². The van der Waals surface area contributed by atoms with Gasteiger partial charge in [0, 0.05) is 20.2 Å². The second-order valence-corrected chi connectivity index (χ2v) is 5.64. The third kappa shape index (κ3) is 2.26. The number of nitrogens with two attached hydrogens (primary N) is 1. The molecule has 0 atom stereocenters. The lowest BCUT2D eigenvalue weighted by atomic mass is 10.4. The van der Waals surface area contributed by atoms with Gasteiger partial charge in [0.05, 0.1) is 0 Å². The van der Waals surface area contributed by atoms with Crippen molar-refractivity contribution in [1.29, 1.82) is 0 Å². The Kier molecular flexibility index (Phi) is 3.50. The van der Waals surface area contributed by atoms with Crippen molar-refractivity contribution in [3.05, 3.63) is 20.8 Å². The Labute approximate surface area is 112 Å². The molecule has 110 valence electrons. The summed E-state index contributed by atoms with van der Waals surface area (Å²) in [6.45, 7) is -0.166. The van der Waals surface area contributed by atoms with Gasteiger partial charge in [0.1, 0.15) is 0 Å². The summed E-state index contributed by atoms with van der Waals surface area (Å²) in [6.07, 6.45) is 0.219. The third-order valence-electron chi connectivity index (χ3n) is 2.77. The fourth-order valence-electron chi connectivity index (χ4n) is 1.79. The van der Waals surface area contributed by atoms with E-state index in [1.54, 1.807) is 0 Å². The summed E-state index contributed by atoms with van der Waals surface area (Å²) in [6, 6.07) is 0. The van der Waals surface area contributed by atoms with Gasteiger partial charge in [-0.15, -0.1) is 0 Å². The molecular weight excluding hydrogens is 290 g/mol. The molecule has 2 rings (SSSR count). The average molecular weight is 303 g/mol. The normalized spacial score (nSPS) is 12.2. The van der Waals surface area contributed by atoms with Crippen molar-refractivity contribution in [2.24, 2.45) is 12.2 Å². The molecule has 0 aliphatic carbocycles. The molecule has 11 heteroatoms. The average Bonchev–Trinajstić information content (AvgIpc) is 2.81. The summed E-state index contributed by atoms with van der Waals surface area (Å²) in [5, 5.41) is 13.1. The van der Waals surface area contributed by atoms with E-state index in [0.29, 0.717) is 0 Å². The number of hydrogen-bond acceptors (Lipinski definition) is 6. The zero-order chi connectivity index (χ0) is 15.1. The number of nitrogens with zero attached hydrogens (tertiary/aromatic N) is 3. The molecule has 0 bridgehead atoms. The van der Waals surface area contributed by atoms with E-state index in [4.69, 9.17) is 10.2 Å². The number of fused-ring (bicyclic) bond motifs is 1. The number of aliphatic hydroxyl groups is 1. The van der Waals surface area contributed by atoms with Gasteiger partial charge in [0.25, 0.3) is 15.6 Å². The van der Waals surface area contributed by atoms with Crippen LogP contribution >= 0.6 is 0 Å². The first-order valence-corrected chi connectivity index (χ1v) is 7.15. The first kappa shape index (κ1) is 14.4. The Bertz CT molecular complexity index is 874. The van der Waals surface area contributed by atoms with Gasteiger partial charge in [0.2, 0.25) is 5.16 Å². The molecule has 0 saturated heterocycles. The number of hydrogen-bond donors (Lipinski definition) is 3. The second kappa shape index (κ2) is 4.85. The van der Waals surface area contributed by atoms with Crippen LogP contribution in [0.1, 0.15) is 6.42 Å². The fourth-order valence-corrected chi connectivity index (χ4v) is 2.25. The van der Waals surface area contributed by atoms with Crippen molar-refractivity contribution in [3.8, 4) is 0 Å². The lowest BCUT2D eigenvalue weighted by Gasteiger charge is -2.06. The highest BCUT2D eigenvalue weighted by molar-refractivity contribution is 7.89. The van der Waals surface area contributed by atoms with Crippen LogP contribution in [-0.4, -0.2) is 39.2 Å². The molecule has 0 aliphatic rings. The van der Waals surface area contributed by atoms with Crippen LogP contribution in [0, 0.1) is 0 Å². The van der Waals surface area contributed by atoms with Gasteiger partial charge < -0.3 is 10.1 Å². The minimum absolute atomic E-state index is 0.0156. The van der Waals surface area contributed by atoms with Crippen LogP contribution in [-0.2, 0) is 23.6 Å². The van der Waals surface area contributed by atoms with E-state index in [2.05, 4.69) is 9.97 Å². The van der Waals surface area contributed by atoms with Gasteiger partial charge in [-0.1, -0.05) is 0 Å². The Balaban J connectivity index is 2.82. The summed E-state index contributed by atoms with van der Waals surface area (Å²) < 4.78 is 24.4. The van der Waals surface area contributed by atoms with E-state index in [1.165, 1.54) is 7.05 Å². The Morgan fingerprint density at radius 2 is 2.05 bits per heavy atom. The summed E-state index contributed by atoms with van der Waals surface area (Å²) in [5.41, 5.74) is -1.58. The largest absolute Gasteiger partial charge is 0.396 e. The molecule has 0 aliphatic heterocycles. The number of primary sulfonamides is 1. The SMILES string of the molecule is Cn1c(=O)n(CCCO)c(=O)c2[nH]c(S(N)(=O)=O)nc21. The molecule has 0 radical (unpaired) electrons. The van der Waals surface area contributed by atoms with Gasteiger partial charge in [-0.2, -0.15) is 4.98 Å². The molecule has 0 amide bonds. The topological polar surface area (TPSA) is 153 Å². The van der Waals surface area contributed by atoms with Crippen molar-refractivity contribution in [2.45, 2.75) is 18.1 Å². The summed E-state index contributed by atoms with van der Waals surface area (Å²) in [4.78, 5) is 30.1. The van der Waals surface area contributed by atoms with Crippen molar-refractivity contribution in [2.75, 3.05) is 6.61 Å². The molecule has 0 saturated carbocycles. The minimum Gasteiger partial charge on any atom is -0.396 e. The predicted molar refractivity (Wildman–Crippen MR) is 68.7 cm³/mol. The van der Waals surface area contributed by atoms with Crippen LogP contribution in [0.15, 0.2) is 14.7 Å². The summed E-state index contributed by atoms with van der Waals surface area (Å²) >= 11 is 0. The fraction of sp³-hybridized carbons (Fsp3) is 0.444. The number of aromatic amines is 1. The molecule has 20 heavy (non-hydrogen) atoms. The predicted octanol–water partition coefficient (Wildman–Crippen LogP) is -2.55. The highest BCUT2D eigenvalue weighted by Crippen LogP contribution is 2.07. The number of rotatable bonds is 4. The second-order valence-electron chi connectivity index (χ2n) is 4.16. The number of aliphatic hydroxyl groups excluding tert-OH is 1. The van der Waals surface area contributed by atoms with Crippen molar-refractivity contribution in [3.63, 3.8) is 0 Å². The molecule has 4 N–H and O–H groups in total. The number of sulfonamides is 1. The molecule has 0 fully saturated rings. The lowest BCUT2D eigenvalue weighted by Crippen LogP contribution is -2.39. The highest BCUT2D eigenvalue weighted by Gasteiger charge is 2.19. The van der Waals surface area contributed by atoms with Gasteiger partial charge in [-0.3, -0.25) is 13.9 Å². The number of imidazole rings is 1. The van der Waals surface area contributed by atoms with Crippen LogP contribution in [0.25, 0.3) is 11.2 Å². The number of aromatic nitrogens is 4. The van der Waals surface area contributed by atoms with Crippen molar-refractivity contribution >= 4 is 21.2 Å². The molecule has 0 spiro atoms. The van der Waals surface area contributed by atoms with Gasteiger partial charge in [-0.25, -0.2) is 18.4 Å². The van der Waals surface area contributed by atoms with Crippen LogP contribution in [0.3, 0.4) is 0 Å². The molecule has 2 aromatic rings. The molecule has 10 nitrogen and oxygen atoms in total. The van der Waals surface area contributed by atoms with E-state index in [1.807, 2.05) is 0 Å². The van der Waals surface area contributed by atoms with E-state index in [-0.39, 0.29) is 30.7 Å². The highest BCUT2D eigenvalue weighted by atomic mass is 32.2. The van der Waals surface area contributed by atoms with Gasteiger partial charge >= 0.3 is 5.69 Å². The molecule has 0 aromatic carbocycles. The maximum absolute atomic E-state index is 12.1. The first-order valence-electron chi connectivity index (χ1n) is 5.60. The maximum atomic E-state index is 12.1. The molecule has 2 aromatic heterocycles. The monoisotopic (exact) mass is 303 g/mol. The van der Waals surface area contributed by atoms with Crippen LogP contribution in [0.5, 0.6) is 0 Å². The Morgan fingerprint density at radius 1 is 1.40 bits per heavy atom. The van der Waals surface area contributed by atoms with E-state index in [0.717, 1.165) is 9.13 Å². The standard InChI is InChI=1S/C9H13N5O5S/c1-13-6-5(11-8(12-6)20(10,18)19)7(16)14(9(13)17)3-2-4-15/h15H,2-4H2,1H3,(H,11,12)(H2,10,18,19). The number of nitrogens with one attached hydrogen (secondary N) is 1. The lowest BCUT2D eigenvalue weighted by molar-refractivity contribution is 0.277. The first-order chi connectivity index (χ1) is 9.27. The van der Waals surface area contributed by atoms with Crippen LogP contribution < -0.4 is 16.4 Å². The van der Waals surface area contributed by atoms with Gasteiger partial charge in [0.15, 0.2) is 11.2 Å². The summed E-state index contributed by atoms with van der Waals surface area (Å²) in [5.74, 6) is 0. The smallest absolute Gasteiger partial charge is 0.332 e. The molecule has 2 heterocycles. The Morgan fingerprint density at radius 3 is 2.60 bits per heavy atom. The third-order valence-corrected chi connectivity index (χ3v) is 3.50. The van der Waals surface area contributed by atoms with Crippen molar-refractivity contribution < 1.29 is 13.5 Å². The summed E-state index contributed by atoms with van der Waals surface area (Å²) in [7, 11) is -2.76. The van der Waals surface area contributed by atoms with E-state index in [9.17, 15) is 18.0 Å². The number of aryl methyl sites for hydroxylation is 1. The quantitative estimate of drug-likeness (QED) is 0.565. The number of H-pyrrole nitrogens is 1. The zero-order valence-corrected chi connectivity index (χ0v) is 11.3. The Hall–Kier alpha value is -1.98. The molecule has 0 unspecified atom stereocenters. The van der Waals surface area contributed by atoms with E-state index < -0.39 is 26.4 Å². The van der Waals surface area contributed by atoms with Crippen LogP contribution in [0.4, 0.5) is 0 Å². The zero-order valence-electron chi connectivity index (χ0n) is 10.5. The minimum atomic E-state index is -4.11. The maximum Gasteiger partial charge on any atom is 0.332 e.